The van der Waals surface area contributed by atoms with E-state index in [1.807, 2.05) is 60.7 Å². The van der Waals surface area contributed by atoms with Crippen molar-refractivity contribution >= 4 is 11.8 Å². The van der Waals surface area contributed by atoms with Gasteiger partial charge in [-0.15, -0.1) is 0 Å². The van der Waals surface area contributed by atoms with Crippen LogP contribution in [0.2, 0.25) is 0 Å². The van der Waals surface area contributed by atoms with E-state index in [1.54, 1.807) is 6.20 Å². The summed E-state index contributed by atoms with van der Waals surface area (Å²) in [7, 11) is 0. The molecule has 0 aliphatic carbocycles. The second-order valence-corrected chi connectivity index (χ2v) is 7.57. The van der Waals surface area contributed by atoms with Gasteiger partial charge in [-0.3, -0.25) is 0 Å². The number of urea groups is 1. The Bertz CT molecular complexity index is 960. The average Bonchev–Trinajstić information content (AvgIpc) is 2.84. The number of amides is 2. The molecule has 0 saturated carbocycles. The first kappa shape index (κ1) is 20.9. The lowest BCUT2D eigenvalue weighted by Crippen LogP contribution is -2.40. The van der Waals surface area contributed by atoms with Crippen molar-refractivity contribution < 1.29 is 9.53 Å². The molecule has 1 aliphatic rings. The van der Waals surface area contributed by atoms with Gasteiger partial charge in [0.2, 0.25) is 0 Å². The lowest BCUT2D eigenvalue weighted by Gasteiger charge is -2.29. The van der Waals surface area contributed by atoms with E-state index in [1.165, 1.54) is 5.56 Å². The van der Waals surface area contributed by atoms with Gasteiger partial charge in [-0.2, -0.15) is 0 Å². The molecule has 3 aromatic rings. The number of rotatable bonds is 7. The van der Waals surface area contributed by atoms with Crippen LogP contribution < -0.4 is 15.5 Å². The minimum absolute atomic E-state index is 0.115. The van der Waals surface area contributed by atoms with Crippen molar-refractivity contribution in [3.8, 4) is 0 Å². The number of nitrogens with zero attached hydrogens (tertiary/aromatic N) is 2. The molecule has 1 aromatic heterocycles. The van der Waals surface area contributed by atoms with E-state index in [9.17, 15) is 4.79 Å². The Morgan fingerprint density at radius 3 is 2.42 bits per heavy atom. The predicted octanol–water partition coefficient (Wildman–Crippen LogP) is 3.70. The molecule has 2 amide bonds. The zero-order chi connectivity index (χ0) is 21.3. The van der Waals surface area contributed by atoms with E-state index in [0.717, 1.165) is 36.5 Å². The maximum absolute atomic E-state index is 12.8. The Hall–Kier alpha value is -3.38. The lowest BCUT2D eigenvalue weighted by molar-refractivity contribution is 0.122. The molecule has 0 radical (unpaired) electrons. The minimum Gasteiger partial charge on any atom is -0.378 e. The minimum atomic E-state index is -0.193. The smallest absolute Gasteiger partial charge is 0.315 e. The van der Waals surface area contributed by atoms with Crippen LogP contribution in [-0.2, 0) is 17.7 Å². The number of carbonyl (C=O) groups is 1. The summed E-state index contributed by atoms with van der Waals surface area (Å²) in [6.45, 7) is 3.43. The fourth-order valence-corrected chi connectivity index (χ4v) is 3.80. The Balaban J connectivity index is 1.41. The van der Waals surface area contributed by atoms with E-state index in [2.05, 4.69) is 32.7 Å². The topological polar surface area (TPSA) is 66.5 Å². The highest BCUT2D eigenvalue weighted by molar-refractivity contribution is 5.74. The standard InChI is InChI=1S/C25H28N4O2/c30-25(27-19-22-12-7-13-26-24(22)29-14-16-31-17-15-29)28-23(21-10-5-2-6-11-21)18-20-8-3-1-4-9-20/h1-13,23H,14-19H2,(H2,27,28,30)/t23-/m1/s1. The molecule has 0 bridgehead atoms. The molecular weight excluding hydrogens is 388 g/mol. The van der Waals surface area contributed by atoms with Crippen LogP contribution in [0.25, 0.3) is 0 Å². The van der Waals surface area contributed by atoms with Crippen molar-refractivity contribution in [2.75, 3.05) is 31.2 Å². The summed E-state index contributed by atoms with van der Waals surface area (Å²) < 4.78 is 5.44. The highest BCUT2D eigenvalue weighted by atomic mass is 16.5. The third-order valence-electron chi connectivity index (χ3n) is 5.41. The van der Waals surface area contributed by atoms with Crippen LogP contribution in [0, 0.1) is 0 Å². The van der Waals surface area contributed by atoms with Crippen molar-refractivity contribution in [3.63, 3.8) is 0 Å². The summed E-state index contributed by atoms with van der Waals surface area (Å²) >= 11 is 0. The van der Waals surface area contributed by atoms with Gasteiger partial charge in [0.1, 0.15) is 5.82 Å². The number of hydrogen-bond acceptors (Lipinski definition) is 4. The summed E-state index contributed by atoms with van der Waals surface area (Å²) in [5, 5.41) is 6.16. The van der Waals surface area contributed by atoms with Gasteiger partial charge < -0.3 is 20.3 Å². The number of carbonyl (C=O) groups excluding carboxylic acids is 1. The van der Waals surface area contributed by atoms with E-state index in [4.69, 9.17) is 4.74 Å². The normalized spacial score (nSPS) is 14.6. The van der Waals surface area contributed by atoms with Gasteiger partial charge in [0.25, 0.3) is 0 Å². The summed E-state index contributed by atoms with van der Waals surface area (Å²) in [4.78, 5) is 19.6. The molecule has 2 heterocycles. The van der Waals surface area contributed by atoms with E-state index in [0.29, 0.717) is 19.8 Å². The van der Waals surface area contributed by atoms with E-state index >= 15 is 0 Å². The maximum atomic E-state index is 12.8. The number of pyridine rings is 1. The molecule has 0 spiro atoms. The molecule has 1 saturated heterocycles. The van der Waals surface area contributed by atoms with Crippen molar-refractivity contribution in [1.29, 1.82) is 0 Å². The number of benzene rings is 2. The zero-order valence-corrected chi connectivity index (χ0v) is 17.5. The molecule has 6 heteroatoms. The molecule has 2 N–H and O–H groups in total. The van der Waals surface area contributed by atoms with E-state index < -0.39 is 0 Å². The zero-order valence-electron chi connectivity index (χ0n) is 17.5. The van der Waals surface area contributed by atoms with Crippen molar-refractivity contribution in [2.45, 2.75) is 19.0 Å². The molecular formula is C25H28N4O2. The Morgan fingerprint density at radius 2 is 1.68 bits per heavy atom. The summed E-state index contributed by atoms with van der Waals surface area (Å²) in [5.41, 5.74) is 3.26. The van der Waals surface area contributed by atoms with Crippen LogP contribution in [-0.4, -0.2) is 37.3 Å². The van der Waals surface area contributed by atoms with Gasteiger partial charge in [-0.25, -0.2) is 9.78 Å². The molecule has 0 unspecified atom stereocenters. The molecule has 1 atom stereocenters. The Kier molecular flexibility index (Phi) is 7.13. The average molecular weight is 417 g/mol. The quantitative estimate of drug-likeness (QED) is 0.616. The maximum Gasteiger partial charge on any atom is 0.315 e. The number of aromatic nitrogens is 1. The van der Waals surface area contributed by atoms with Crippen molar-refractivity contribution in [3.05, 3.63) is 95.7 Å². The first-order valence-corrected chi connectivity index (χ1v) is 10.7. The highest BCUT2D eigenvalue weighted by Crippen LogP contribution is 2.20. The van der Waals surface area contributed by atoms with Gasteiger partial charge in [0, 0.05) is 31.4 Å². The fraction of sp³-hybridized carbons (Fsp3) is 0.280. The van der Waals surface area contributed by atoms with Crippen molar-refractivity contribution in [2.24, 2.45) is 0 Å². The second-order valence-electron chi connectivity index (χ2n) is 7.57. The number of hydrogen-bond donors (Lipinski definition) is 2. The lowest BCUT2D eigenvalue weighted by atomic mass is 9.99. The highest BCUT2D eigenvalue weighted by Gasteiger charge is 2.18. The summed E-state index contributed by atoms with van der Waals surface area (Å²) in [6, 6.07) is 23.9. The monoisotopic (exact) mass is 416 g/mol. The number of anilines is 1. The fourth-order valence-electron chi connectivity index (χ4n) is 3.80. The van der Waals surface area contributed by atoms with E-state index in [-0.39, 0.29) is 12.1 Å². The van der Waals surface area contributed by atoms with Crippen LogP contribution >= 0.6 is 0 Å². The van der Waals surface area contributed by atoms with Crippen LogP contribution in [0.5, 0.6) is 0 Å². The Morgan fingerprint density at radius 1 is 0.968 bits per heavy atom. The molecule has 1 aliphatic heterocycles. The number of ether oxygens (including phenoxy) is 1. The third kappa shape index (κ3) is 5.83. The van der Waals surface area contributed by atoms with Gasteiger partial charge in [0.15, 0.2) is 0 Å². The molecule has 31 heavy (non-hydrogen) atoms. The van der Waals surface area contributed by atoms with Gasteiger partial charge in [0.05, 0.1) is 19.3 Å². The summed E-state index contributed by atoms with van der Waals surface area (Å²) in [6.07, 6.45) is 2.52. The number of morpholine rings is 1. The van der Waals surface area contributed by atoms with Gasteiger partial charge in [-0.1, -0.05) is 66.7 Å². The van der Waals surface area contributed by atoms with Gasteiger partial charge >= 0.3 is 6.03 Å². The molecule has 6 nitrogen and oxygen atoms in total. The second kappa shape index (κ2) is 10.6. The molecule has 4 rings (SSSR count). The number of nitrogens with one attached hydrogen (secondary N) is 2. The molecule has 1 fully saturated rings. The third-order valence-corrected chi connectivity index (χ3v) is 5.41. The summed E-state index contributed by atoms with van der Waals surface area (Å²) in [5.74, 6) is 0.912. The SMILES string of the molecule is O=C(NCc1cccnc1N1CCOCC1)N[C@H](Cc1ccccc1)c1ccccc1. The van der Waals surface area contributed by atoms with Gasteiger partial charge in [-0.05, 0) is 23.6 Å². The molecule has 2 aromatic carbocycles. The molecule has 160 valence electrons. The predicted molar refractivity (Wildman–Crippen MR) is 122 cm³/mol. The van der Waals surface area contributed by atoms with Crippen LogP contribution in [0.15, 0.2) is 79.0 Å². The Labute approximate surface area is 183 Å². The van der Waals surface area contributed by atoms with Crippen LogP contribution in [0.3, 0.4) is 0 Å². The van der Waals surface area contributed by atoms with Crippen molar-refractivity contribution in [1.82, 2.24) is 15.6 Å². The van der Waals surface area contributed by atoms with Crippen LogP contribution in [0.1, 0.15) is 22.7 Å². The largest absolute Gasteiger partial charge is 0.378 e. The van der Waals surface area contributed by atoms with Crippen LogP contribution in [0.4, 0.5) is 10.6 Å². The first-order valence-electron chi connectivity index (χ1n) is 10.7. The first-order chi connectivity index (χ1) is 15.3.